The average molecular weight is 559 g/mol. The molecule has 2 aliphatic rings. The molecule has 0 spiro atoms. The molecular formula is C28H22ClF3N2O5. The van der Waals surface area contributed by atoms with Crippen molar-refractivity contribution in [1.29, 1.82) is 0 Å². The minimum Gasteiger partial charge on any atom is -0.480 e. The summed E-state index contributed by atoms with van der Waals surface area (Å²) in [7, 11) is 0. The van der Waals surface area contributed by atoms with Crippen LogP contribution in [0.4, 0.5) is 18.9 Å². The van der Waals surface area contributed by atoms with Gasteiger partial charge < -0.3 is 9.84 Å². The molecule has 0 radical (unpaired) electrons. The van der Waals surface area contributed by atoms with E-state index in [1.54, 1.807) is 43.3 Å². The Kier molecular flexibility index (Phi) is 6.64. The van der Waals surface area contributed by atoms with Crippen LogP contribution in [-0.4, -0.2) is 34.8 Å². The molecule has 2 amide bonds. The number of anilines is 1. The molecule has 2 saturated heterocycles. The lowest BCUT2D eigenvalue weighted by Gasteiger charge is -2.31. The lowest BCUT2D eigenvalue weighted by atomic mass is 9.76. The van der Waals surface area contributed by atoms with E-state index < -0.39 is 53.3 Å². The summed E-state index contributed by atoms with van der Waals surface area (Å²) >= 11 is 6.26. The Bertz CT molecular complexity index is 1470. The molecule has 39 heavy (non-hydrogen) atoms. The molecule has 0 bridgehead atoms. The first-order chi connectivity index (χ1) is 18.4. The number of ether oxygens (including phenoxy) is 1. The first kappa shape index (κ1) is 26.7. The van der Waals surface area contributed by atoms with Crippen molar-refractivity contribution in [1.82, 2.24) is 5.32 Å². The molecule has 3 aromatic rings. The molecular weight excluding hydrogens is 537 g/mol. The van der Waals surface area contributed by atoms with Gasteiger partial charge in [-0.15, -0.1) is 13.2 Å². The first-order valence-corrected chi connectivity index (χ1v) is 12.3. The zero-order valence-corrected chi connectivity index (χ0v) is 21.2. The van der Waals surface area contributed by atoms with Gasteiger partial charge in [0.05, 0.1) is 17.5 Å². The van der Waals surface area contributed by atoms with Crippen LogP contribution >= 0.6 is 11.6 Å². The summed E-state index contributed by atoms with van der Waals surface area (Å²) < 4.78 is 42.8. The van der Waals surface area contributed by atoms with Crippen LogP contribution in [-0.2, 0) is 20.8 Å². The van der Waals surface area contributed by atoms with Gasteiger partial charge in [-0.3, -0.25) is 19.7 Å². The van der Waals surface area contributed by atoms with E-state index in [9.17, 15) is 32.7 Å². The fourth-order valence-electron chi connectivity index (χ4n) is 5.52. The number of carbonyl (C=O) groups excluding carboxylic acids is 2. The number of amides is 2. The van der Waals surface area contributed by atoms with E-state index in [0.29, 0.717) is 16.1 Å². The summed E-state index contributed by atoms with van der Waals surface area (Å²) in [5.74, 6) is -5.90. The number of hydrogen-bond acceptors (Lipinski definition) is 5. The largest absolute Gasteiger partial charge is 0.573 e. The second-order valence-electron chi connectivity index (χ2n) is 9.63. The van der Waals surface area contributed by atoms with E-state index >= 15 is 0 Å². The van der Waals surface area contributed by atoms with Crippen molar-refractivity contribution in [3.05, 3.63) is 94.5 Å². The number of alkyl halides is 3. The number of rotatable bonds is 6. The van der Waals surface area contributed by atoms with E-state index in [1.807, 2.05) is 0 Å². The third kappa shape index (κ3) is 4.74. The van der Waals surface area contributed by atoms with Gasteiger partial charge in [0.2, 0.25) is 11.8 Å². The average Bonchev–Trinajstić information content (AvgIpc) is 3.35. The van der Waals surface area contributed by atoms with E-state index in [0.717, 1.165) is 17.0 Å². The predicted octanol–water partition coefficient (Wildman–Crippen LogP) is 5.06. The second kappa shape index (κ2) is 9.69. The van der Waals surface area contributed by atoms with Crippen LogP contribution in [0.25, 0.3) is 0 Å². The van der Waals surface area contributed by atoms with E-state index in [2.05, 4.69) is 10.1 Å². The van der Waals surface area contributed by atoms with Crippen molar-refractivity contribution in [3.8, 4) is 5.75 Å². The van der Waals surface area contributed by atoms with Gasteiger partial charge in [0.15, 0.2) is 0 Å². The minimum absolute atomic E-state index is 0.152. The van der Waals surface area contributed by atoms with Crippen LogP contribution < -0.4 is 15.0 Å². The van der Waals surface area contributed by atoms with Crippen LogP contribution in [0.2, 0.25) is 5.02 Å². The highest BCUT2D eigenvalue weighted by molar-refractivity contribution is 6.32. The molecule has 4 unspecified atom stereocenters. The van der Waals surface area contributed by atoms with Crippen LogP contribution in [0.5, 0.6) is 5.75 Å². The summed E-state index contributed by atoms with van der Waals surface area (Å²) in [4.78, 5) is 41.7. The maximum Gasteiger partial charge on any atom is 0.573 e. The molecule has 0 aromatic heterocycles. The van der Waals surface area contributed by atoms with Gasteiger partial charge in [0.25, 0.3) is 0 Å². The Hall–Kier alpha value is -3.89. The van der Waals surface area contributed by atoms with Gasteiger partial charge in [-0.1, -0.05) is 60.1 Å². The van der Waals surface area contributed by atoms with E-state index in [4.69, 9.17) is 11.6 Å². The molecule has 0 saturated carbocycles. The van der Waals surface area contributed by atoms with Crippen LogP contribution in [0.3, 0.4) is 0 Å². The van der Waals surface area contributed by atoms with Gasteiger partial charge in [-0.25, -0.2) is 4.90 Å². The number of carboxylic acid groups (broad SMARTS) is 1. The monoisotopic (exact) mass is 558 g/mol. The number of aryl methyl sites for hydroxylation is 1. The van der Waals surface area contributed by atoms with E-state index in [-0.39, 0.29) is 17.7 Å². The molecule has 2 aliphatic heterocycles. The van der Waals surface area contributed by atoms with Crippen molar-refractivity contribution in [3.63, 3.8) is 0 Å². The van der Waals surface area contributed by atoms with Crippen LogP contribution in [0, 0.1) is 18.8 Å². The third-order valence-electron chi connectivity index (χ3n) is 7.23. The maximum absolute atomic E-state index is 13.9. The fourth-order valence-corrected chi connectivity index (χ4v) is 5.70. The van der Waals surface area contributed by atoms with Crippen molar-refractivity contribution >= 4 is 35.1 Å². The standard InChI is InChI=1S/C28H22ClF3N2O5/c1-15-10-11-18(13-20(15)29)34-24(35)21-22(25(34)36)27(26(37)38,14-16-6-3-2-4-7-16)33-23(21)17-8-5-9-19(12-17)39-28(30,31)32/h2-13,21-23,33H,14H2,1H3,(H,37,38). The Morgan fingerprint density at radius 2 is 1.77 bits per heavy atom. The summed E-state index contributed by atoms with van der Waals surface area (Å²) in [6.45, 7) is 1.75. The number of carboxylic acids is 1. The first-order valence-electron chi connectivity index (χ1n) is 12.0. The van der Waals surface area contributed by atoms with Gasteiger partial charge in [0, 0.05) is 17.5 Å². The highest BCUT2D eigenvalue weighted by atomic mass is 35.5. The molecule has 2 N–H and O–H groups in total. The summed E-state index contributed by atoms with van der Waals surface area (Å²) in [5.41, 5.74) is -0.273. The molecule has 202 valence electrons. The molecule has 2 heterocycles. The molecule has 5 rings (SSSR count). The number of nitrogens with zero attached hydrogens (tertiary/aromatic N) is 1. The molecule has 3 aromatic carbocycles. The Morgan fingerprint density at radius 1 is 1.05 bits per heavy atom. The zero-order valence-electron chi connectivity index (χ0n) is 20.4. The van der Waals surface area contributed by atoms with Crippen molar-refractivity contribution in [2.75, 3.05) is 4.90 Å². The maximum atomic E-state index is 13.9. The second-order valence-corrected chi connectivity index (χ2v) is 10.0. The van der Waals surface area contributed by atoms with E-state index in [1.165, 1.54) is 24.3 Å². The smallest absolute Gasteiger partial charge is 0.480 e. The van der Waals surface area contributed by atoms with Crippen molar-refractivity contribution < 1.29 is 37.4 Å². The SMILES string of the molecule is Cc1ccc(N2C(=O)C3C(c4cccc(OC(F)(F)F)c4)NC(Cc4ccccc4)(C(=O)O)C3C2=O)cc1Cl. The van der Waals surface area contributed by atoms with Crippen LogP contribution in [0.15, 0.2) is 72.8 Å². The molecule has 2 fully saturated rings. The summed E-state index contributed by atoms with van der Waals surface area (Å²) in [5, 5.41) is 13.8. The number of nitrogens with one attached hydrogen (secondary N) is 1. The number of aliphatic carboxylic acids is 1. The molecule has 0 aliphatic carbocycles. The normalized spacial score (nSPS) is 24.6. The number of hydrogen-bond donors (Lipinski definition) is 2. The molecule has 7 nitrogen and oxygen atoms in total. The zero-order chi connectivity index (χ0) is 28.1. The lowest BCUT2D eigenvalue weighted by molar-refractivity contribution is -0.274. The highest BCUT2D eigenvalue weighted by Gasteiger charge is 2.68. The highest BCUT2D eigenvalue weighted by Crippen LogP contribution is 2.51. The Morgan fingerprint density at radius 3 is 2.41 bits per heavy atom. The Labute approximate surface area is 226 Å². The molecule has 4 atom stereocenters. The third-order valence-corrected chi connectivity index (χ3v) is 7.63. The number of carbonyl (C=O) groups is 3. The fraction of sp³-hybridized carbons (Fsp3) is 0.250. The predicted molar refractivity (Wildman–Crippen MR) is 135 cm³/mol. The van der Waals surface area contributed by atoms with Crippen molar-refractivity contribution in [2.24, 2.45) is 11.8 Å². The topological polar surface area (TPSA) is 95.9 Å². The van der Waals surface area contributed by atoms with Crippen LogP contribution in [0.1, 0.15) is 22.7 Å². The molecule has 11 heteroatoms. The van der Waals surface area contributed by atoms with Gasteiger partial charge >= 0.3 is 12.3 Å². The number of benzene rings is 3. The summed E-state index contributed by atoms with van der Waals surface area (Å²) in [6, 6.07) is 17.1. The lowest BCUT2D eigenvalue weighted by Crippen LogP contribution is -2.57. The quantitative estimate of drug-likeness (QED) is 0.411. The number of fused-ring (bicyclic) bond motifs is 1. The number of imide groups is 1. The minimum atomic E-state index is -4.96. The van der Waals surface area contributed by atoms with Gasteiger partial charge in [0.1, 0.15) is 11.3 Å². The van der Waals surface area contributed by atoms with Crippen molar-refractivity contribution in [2.45, 2.75) is 31.3 Å². The number of halogens is 4. The Balaban J connectivity index is 1.64. The van der Waals surface area contributed by atoms with Gasteiger partial charge in [-0.2, -0.15) is 0 Å². The summed E-state index contributed by atoms with van der Waals surface area (Å²) in [6.07, 6.45) is -5.11. The van der Waals surface area contributed by atoms with Gasteiger partial charge in [-0.05, 0) is 47.9 Å².